The second-order valence-corrected chi connectivity index (χ2v) is 6.56. The molecule has 0 spiro atoms. The van der Waals surface area contributed by atoms with Crippen LogP contribution in [0.1, 0.15) is 15.9 Å². The summed E-state index contributed by atoms with van der Waals surface area (Å²) in [7, 11) is 0. The molecule has 120 valence electrons. The van der Waals surface area contributed by atoms with Gasteiger partial charge in [-0.05, 0) is 40.0 Å². The molecule has 1 heterocycles. The molecule has 3 nitrogen and oxygen atoms in total. The molecule has 0 aliphatic heterocycles. The summed E-state index contributed by atoms with van der Waals surface area (Å²) < 4.78 is 2.22. The minimum absolute atomic E-state index is 0.0315. The van der Waals surface area contributed by atoms with Crippen molar-refractivity contribution in [2.75, 3.05) is 0 Å². The van der Waals surface area contributed by atoms with E-state index in [0.29, 0.717) is 11.1 Å². The highest BCUT2D eigenvalue weighted by Gasteiger charge is 2.10. The Bertz CT molecular complexity index is 928. The van der Waals surface area contributed by atoms with Crippen LogP contribution in [0, 0.1) is 6.92 Å². The highest BCUT2D eigenvalue weighted by atomic mass is 79.9. The summed E-state index contributed by atoms with van der Waals surface area (Å²) in [4.78, 5) is 24.6. The Labute approximate surface area is 148 Å². The van der Waals surface area contributed by atoms with Gasteiger partial charge in [-0.3, -0.25) is 9.59 Å². The molecule has 0 atom stereocenters. The lowest BCUT2D eigenvalue weighted by molar-refractivity contribution is 0.0971. The van der Waals surface area contributed by atoms with Gasteiger partial charge in [0.15, 0.2) is 5.78 Å². The van der Waals surface area contributed by atoms with Crippen molar-refractivity contribution in [2.24, 2.45) is 0 Å². The summed E-state index contributed by atoms with van der Waals surface area (Å²) in [5.41, 5.74) is 3.22. The SMILES string of the molecule is Cc1cc(Br)cn(CC(=O)c2ccc(-c3ccccc3)cc2)c1=O. The first-order valence-corrected chi connectivity index (χ1v) is 8.39. The molecule has 0 fully saturated rings. The van der Waals surface area contributed by atoms with Gasteiger partial charge in [-0.2, -0.15) is 0 Å². The van der Waals surface area contributed by atoms with E-state index in [1.165, 1.54) is 4.57 Å². The summed E-state index contributed by atoms with van der Waals surface area (Å²) >= 11 is 3.36. The molecule has 0 saturated carbocycles. The molecule has 0 unspecified atom stereocenters. The topological polar surface area (TPSA) is 39.1 Å². The van der Waals surface area contributed by atoms with Crippen molar-refractivity contribution in [1.82, 2.24) is 4.57 Å². The van der Waals surface area contributed by atoms with Crippen LogP contribution in [0.4, 0.5) is 0 Å². The van der Waals surface area contributed by atoms with Crippen molar-refractivity contribution in [3.05, 3.63) is 92.8 Å². The fourth-order valence-electron chi connectivity index (χ4n) is 2.58. The standard InChI is InChI=1S/C20H16BrNO2/c1-14-11-18(21)12-22(20(14)24)13-19(23)17-9-7-16(8-10-17)15-5-3-2-4-6-15/h2-12H,13H2,1H3. The van der Waals surface area contributed by atoms with E-state index >= 15 is 0 Å². The van der Waals surface area contributed by atoms with E-state index in [1.54, 1.807) is 31.3 Å². The number of ketones is 1. The molecule has 4 heteroatoms. The lowest BCUT2D eigenvalue weighted by atomic mass is 10.0. The zero-order valence-electron chi connectivity index (χ0n) is 13.2. The average molecular weight is 382 g/mol. The van der Waals surface area contributed by atoms with Gasteiger partial charge < -0.3 is 4.57 Å². The number of carbonyl (C=O) groups is 1. The van der Waals surface area contributed by atoms with E-state index < -0.39 is 0 Å². The second-order valence-electron chi connectivity index (χ2n) is 5.64. The lowest BCUT2D eigenvalue weighted by Gasteiger charge is -2.08. The number of aromatic nitrogens is 1. The number of Topliss-reactive ketones (excluding diaryl/α,β-unsaturated/α-hetero) is 1. The van der Waals surface area contributed by atoms with Gasteiger partial charge in [-0.1, -0.05) is 54.6 Å². The monoisotopic (exact) mass is 381 g/mol. The zero-order chi connectivity index (χ0) is 17.1. The fourth-order valence-corrected chi connectivity index (χ4v) is 3.17. The first kappa shape index (κ1) is 16.4. The van der Waals surface area contributed by atoms with Gasteiger partial charge in [-0.25, -0.2) is 0 Å². The molecule has 0 amide bonds. The molecule has 0 aliphatic carbocycles. The number of rotatable bonds is 4. The molecular formula is C20H16BrNO2. The molecule has 0 saturated heterocycles. The average Bonchev–Trinajstić information content (AvgIpc) is 2.60. The summed E-state index contributed by atoms with van der Waals surface area (Å²) in [6, 6.07) is 19.2. The van der Waals surface area contributed by atoms with Crippen molar-refractivity contribution < 1.29 is 4.79 Å². The Morgan fingerprint density at radius 3 is 2.29 bits per heavy atom. The van der Waals surface area contributed by atoms with Crippen LogP contribution in [0.3, 0.4) is 0 Å². The van der Waals surface area contributed by atoms with Crippen LogP contribution in [0.5, 0.6) is 0 Å². The third-order valence-electron chi connectivity index (χ3n) is 3.86. The van der Waals surface area contributed by atoms with E-state index in [2.05, 4.69) is 15.9 Å². The Kier molecular flexibility index (Phi) is 4.76. The number of carbonyl (C=O) groups excluding carboxylic acids is 1. The van der Waals surface area contributed by atoms with E-state index in [-0.39, 0.29) is 17.9 Å². The van der Waals surface area contributed by atoms with Crippen LogP contribution in [0.2, 0.25) is 0 Å². The molecule has 24 heavy (non-hydrogen) atoms. The number of hydrogen-bond acceptors (Lipinski definition) is 2. The predicted molar refractivity (Wildman–Crippen MR) is 99.3 cm³/mol. The van der Waals surface area contributed by atoms with Gasteiger partial charge in [0, 0.05) is 21.8 Å². The Balaban J connectivity index is 1.83. The van der Waals surface area contributed by atoms with Crippen LogP contribution in [-0.2, 0) is 6.54 Å². The lowest BCUT2D eigenvalue weighted by Crippen LogP contribution is -2.25. The maximum Gasteiger partial charge on any atom is 0.253 e. The number of halogens is 1. The van der Waals surface area contributed by atoms with Crippen LogP contribution < -0.4 is 5.56 Å². The normalized spacial score (nSPS) is 10.6. The zero-order valence-corrected chi connectivity index (χ0v) is 14.8. The predicted octanol–water partition coefficient (Wildman–Crippen LogP) is 4.47. The molecule has 0 aliphatic rings. The van der Waals surface area contributed by atoms with Crippen molar-refractivity contribution in [3.63, 3.8) is 0 Å². The first-order chi connectivity index (χ1) is 11.5. The van der Waals surface area contributed by atoms with E-state index in [4.69, 9.17) is 0 Å². The molecule has 2 aromatic carbocycles. The number of hydrogen-bond donors (Lipinski definition) is 0. The van der Waals surface area contributed by atoms with Gasteiger partial charge in [0.1, 0.15) is 0 Å². The second kappa shape index (κ2) is 6.97. The van der Waals surface area contributed by atoms with Crippen molar-refractivity contribution >= 4 is 21.7 Å². The molecular weight excluding hydrogens is 366 g/mol. The maximum absolute atomic E-state index is 12.5. The smallest absolute Gasteiger partial charge is 0.253 e. The third-order valence-corrected chi connectivity index (χ3v) is 4.29. The highest BCUT2D eigenvalue weighted by molar-refractivity contribution is 9.10. The van der Waals surface area contributed by atoms with E-state index in [1.807, 2.05) is 42.5 Å². The summed E-state index contributed by atoms with van der Waals surface area (Å²) in [6.45, 7) is 1.77. The van der Waals surface area contributed by atoms with Crippen LogP contribution in [-0.4, -0.2) is 10.4 Å². The fraction of sp³-hybridized carbons (Fsp3) is 0.100. The van der Waals surface area contributed by atoms with Crippen molar-refractivity contribution in [2.45, 2.75) is 13.5 Å². The first-order valence-electron chi connectivity index (χ1n) is 7.60. The van der Waals surface area contributed by atoms with Gasteiger partial charge in [0.2, 0.25) is 0 Å². The van der Waals surface area contributed by atoms with Crippen molar-refractivity contribution in [3.8, 4) is 11.1 Å². The number of pyridine rings is 1. The maximum atomic E-state index is 12.5. The van der Waals surface area contributed by atoms with Gasteiger partial charge in [-0.15, -0.1) is 0 Å². The molecule has 1 aromatic heterocycles. The minimum atomic E-state index is -0.146. The van der Waals surface area contributed by atoms with Gasteiger partial charge in [0.05, 0.1) is 6.54 Å². The summed E-state index contributed by atoms with van der Waals surface area (Å²) in [6.07, 6.45) is 1.64. The summed E-state index contributed by atoms with van der Waals surface area (Å²) in [5.74, 6) is -0.0887. The molecule has 3 rings (SSSR count). The minimum Gasteiger partial charge on any atom is -0.306 e. The molecule has 3 aromatic rings. The highest BCUT2D eigenvalue weighted by Crippen LogP contribution is 2.19. The molecule has 0 radical (unpaired) electrons. The van der Waals surface area contributed by atoms with Gasteiger partial charge >= 0.3 is 0 Å². The van der Waals surface area contributed by atoms with Crippen molar-refractivity contribution in [1.29, 1.82) is 0 Å². The Morgan fingerprint density at radius 2 is 1.62 bits per heavy atom. The quantitative estimate of drug-likeness (QED) is 0.625. The van der Waals surface area contributed by atoms with E-state index in [9.17, 15) is 9.59 Å². The van der Waals surface area contributed by atoms with Crippen LogP contribution in [0.15, 0.2) is 76.1 Å². The molecule has 0 bridgehead atoms. The molecule has 0 N–H and O–H groups in total. The van der Waals surface area contributed by atoms with Crippen LogP contribution in [0.25, 0.3) is 11.1 Å². The Morgan fingerprint density at radius 1 is 1.00 bits per heavy atom. The largest absolute Gasteiger partial charge is 0.306 e. The summed E-state index contributed by atoms with van der Waals surface area (Å²) in [5, 5.41) is 0. The number of aryl methyl sites for hydroxylation is 1. The Hall–Kier alpha value is -2.46. The van der Waals surface area contributed by atoms with Crippen LogP contribution >= 0.6 is 15.9 Å². The number of nitrogens with zero attached hydrogens (tertiary/aromatic N) is 1. The van der Waals surface area contributed by atoms with Gasteiger partial charge in [0.25, 0.3) is 5.56 Å². The number of benzene rings is 2. The third kappa shape index (κ3) is 3.54. The van der Waals surface area contributed by atoms with E-state index in [0.717, 1.165) is 15.6 Å².